The molecule has 0 aliphatic carbocycles. The summed E-state index contributed by atoms with van der Waals surface area (Å²) in [5.41, 5.74) is 8.96. The van der Waals surface area contributed by atoms with Gasteiger partial charge in [0.2, 0.25) is 0 Å². The smallest absolute Gasteiger partial charge is 0.0364 e. The van der Waals surface area contributed by atoms with E-state index in [1.54, 1.807) is 0 Å². The van der Waals surface area contributed by atoms with Gasteiger partial charge in [-0.2, -0.15) is 11.8 Å². The molecule has 0 heterocycles. The molecule has 0 fully saturated rings. The molecular formula is C12H20N2S. The van der Waals surface area contributed by atoms with E-state index in [2.05, 4.69) is 31.3 Å². The molecule has 0 saturated heterocycles. The summed E-state index contributed by atoms with van der Waals surface area (Å²) in [5.74, 6) is 2.30. The van der Waals surface area contributed by atoms with E-state index in [4.69, 9.17) is 5.73 Å². The average molecular weight is 224 g/mol. The molecule has 1 unspecified atom stereocenters. The quantitative estimate of drug-likeness (QED) is 0.755. The normalized spacial score (nSPS) is 12.5. The average Bonchev–Trinajstić information content (AvgIpc) is 2.20. The fourth-order valence-electron chi connectivity index (χ4n) is 1.35. The van der Waals surface area contributed by atoms with Crippen molar-refractivity contribution in [3.05, 3.63) is 23.8 Å². The Balaban J connectivity index is 2.53. The van der Waals surface area contributed by atoms with Gasteiger partial charge in [-0.3, -0.25) is 0 Å². The Hall–Kier alpha value is -0.830. The number of hydrogen-bond donors (Lipinski definition) is 2. The predicted molar refractivity (Wildman–Crippen MR) is 71.7 cm³/mol. The van der Waals surface area contributed by atoms with E-state index in [1.807, 2.05) is 24.8 Å². The number of anilines is 2. The first-order valence-electron chi connectivity index (χ1n) is 5.34. The van der Waals surface area contributed by atoms with Crippen LogP contribution in [0.5, 0.6) is 0 Å². The van der Waals surface area contributed by atoms with Crippen LogP contribution in [-0.2, 0) is 0 Å². The molecule has 0 aliphatic rings. The van der Waals surface area contributed by atoms with E-state index in [-0.39, 0.29) is 0 Å². The van der Waals surface area contributed by atoms with Crippen LogP contribution in [0.4, 0.5) is 11.4 Å². The predicted octanol–water partition coefficient (Wildman–Crippen LogP) is 3.13. The summed E-state index contributed by atoms with van der Waals surface area (Å²) in [6.45, 7) is 6.40. The molecule has 0 radical (unpaired) electrons. The topological polar surface area (TPSA) is 38.0 Å². The SMILES string of the molecule is CCSCC(C)Nc1ccc(C)c(N)c1. The molecule has 0 amide bonds. The molecule has 1 rings (SSSR count). The van der Waals surface area contributed by atoms with Gasteiger partial charge in [-0.05, 0) is 37.3 Å². The first kappa shape index (κ1) is 12.2. The number of hydrogen-bond acceptors (Lipinski definition) is 3. The Morgan fingerprint density at radius 3 is 2.80 bits per heavy atom. The van der Waals surface area contributed by atoms with Gasteiger partial charge in [-0.25, -0.2) is 0 Å². The minimum atomic E-state index is 0.483. The minimum Gasteiger partial charge on any atom is -0.398 e. The molecule has 3 heteroatoms. The summed E-state index contributed by atoms with van der Waals surface area (Å²) < 4.78 is 0. The van der Waals surface area contributed by atoms with Gasteiger partial charge in [0.05, 0.1) is 0 Å². The summed E-state index contributed by atoms with van der Waals surface area (Å²) >= 11 is 1.95. The van der Waals surface area contributed by atoms with Crippen molar-refractivity contribution >= 4 is 23.1 Å². The number of rotatable bonds is 5. The summed E-state index contributed by atoms with van der Waals surface area (Å²) in [5, 5.41) is 3.44. The highest BCUT2D eigenvalue weighted by molar-refractivity contribution is 7.99. The van der Waals surface area contributed by atoms with Gasteiger partial charge in [0.15, 0.2) is 0 Å². The van der Waals surface area contributed by atoms with Crippen molar-refractivity contribution < 1.29 is 0 Å². The van der Waals surface area contributed by atoms with Crippen LogP contribution in [0.3, 0.4) is 0 Å². The lowest BCUT2D eigenvalue weighted by molar-refractivity contribution is 0.913. The van der Waals surface area contributed by atoms with Gasteiger partial charge < -0.3 is 11.1 Å². The largest absolute Gasteiger partial charge is 0.398 e. The van der Waals surface area contributed by atoms with Gasteiger partial charge in [0.1, 0.15) is 0 Å². The maximum Gasteiger partial charge on any atom is 0.0364 e. The molecule has 0 aliphatic heterocycles. The zero-order valence-corrected chi connectivity index (χ0v) is 10.5. The van der Waals surface area contributed by atoms with Crippen LogP contribution in [0, 0.1) is 6.92 Å². The van der Waals surface area contributed by atoms with Gasteiger partial charge in [0, 0.05) is 23.2 Å². The summed E-state index contributed by atoms with van der Waals surface area (Å²) in [4.78, 5) is 0. The van der Waals surface area contributed by atoms with Crippen LogP contribution in [0.2, 0.25) is 0 Å². The van der Waals surface area contributed by atoms with Gasteiger partial charge >= 0.3 is 0 Å². The van der Waals surface area contributed by atoms with Crippen LogP contribution in [0.25, 0.3) is 0 Å². The molecule has 84 valence electrons. The van der Waals surface area contributed by atoms with E-state index in [0.29, 0.717) is 6.04 Å². The fraction of sp³-hybridized carbons (Fsp3) is 0.500. The molecule has 15 heavy (non-hydrogen) atoms. The molecule has 0 bridgehead atoms. The zero-order chi connectivity index (χ0) is 11.3. The van der Waals surface area contributed by atoms with Crippen molar-refractivity contribution in [2.24, 2.45) is 0 Å². The third-order valence-electron chi connectivity index (χ3n) is 2.26. The Bertz CT molecular complexity index is 312. The number of nitrogen functional groups attached to an aromatic ring is 1. The van der Waals surface area contributed by atoms with Gasteiger partial charge in [0.25, 0.3) is 0 Å². The van der Waals surface area contributed by atoms with E-state index < -0.39 is 0 Å². The van der Waals surface area contributed by atoms with E-state index in [0.717, 1.165) is 22.7 Å². The van der Waals surface area contributed by atoms with Crippen LogP contribution < -0.4 is 11.1 Å². The molecule has 1 atom stereocenters. The zero-order valence-electron chi connectivity index (χ0n) is 9.71. The molecule has 1 aromatic carbocycles. The number of aryl methyl sites for hydroxylation is 1. The van der Waals surface area contributed by atoms with Crippen molar-refractivity contribution in [1.82, 2.24) is 0 Å². The summed E-state index contributed by atoms with van der Waals surface area (Å²) in [6.07, 6.45) is 0. The van der Waals surface area contributed by atoms with Gasteiger partial charge in [-0.15, -0.1) is 0 Å². The molecule has 1 aromatic rings. The lowest BCUT2D eigenvalue weighted by atomic mass is 10.2. The van der Waals surface area contributed by atoms with E-state index in [1.165, 1.54) is 5.75 Å². The van der Waals surface area contributed by atoms with Crippen molar-refractivity contribution in [3.63, 3.8) is 0 Å². The molecule has 0 spiro atoms. The minimum absolute atomic E-state index is 0.483. The molecule has 0 saturated carbocycles. The number of benzene rings is 1. The Labute approximate surface area is 96.6 Å². The lowest BCUT2D eigenvalue weighted by Gasteiger charge is -2.15. The highest BCUT2D eigenvalue weighted by Crippen LogP contribution is 2.18. The van der Waals surface area contributed by atoms with Crippen molar-refractivity contribution in [2.75, 3.05) is 22.6 Å². The monoisotopic (exact) mass is 224 g/mol. The van der Waals surface area contributed by atoms with E-state index in [9.17, 15) is 0 Å². The fourth-order valence-corrected chi connectivity index (χ4v) is 2.02. The Morgan fingerprint density at radius 2 is 2.20 bits per heavy atom. The molecular weight excluding hydrogens is 204 g/mol. The molecule has 0 aromatic heterocycles. The Kier molecular flexibility index (Phi) is 4.82. The van der Waals surface area contributed by atoms with Crippen LogP contribution in [0.1, 0.15) is 19.4 Å². The summed E-state index contributed by atoms with van der Waals surface area (Å²) in [7, 11) is 0. The maximum atomic E-state index is 5.85. The highest BCUT2D eigenvalue weighted by Gasteiger charge is 2.02. The Morgan fingerprint density at radius 1 is 1.47 bits per heavy atom. The first-order chi connectivity index (χ1) is 7.13. The number of thioether (sulfide) groups is 1. The van der Waals surface area contributed by atoms with Gasteiger partial charge in [-0.1, -0.05) is 13.0 Å². The second-order valence-corrected chi connectivity index (χ2v) is 5.10. The van der Waals surface area contributed by atoms with Crippen molar-refractivity contribution in [1.29, 1.82) is 0 Å². The number of nitrogens with one attached hydrogen (secondary N) is 1. The van der Waals surface area contributed by atoms with Crippen LogP contribution >= 0.6 is 11.8 Å². The maximum absolute atomic E-state index is 5.85. The second kappa shape index (κ2) is 5.91. The first-order valence-corrected chi connectivity index (χ1v) is 6.49. The summed E-state index contributed by atoms with van der Waals surface area (Å²) in [6, 6.07) is 6.62. The highest BCUT2D eigenvalue weighted by atomic mass is 32.2. The number of nitrogens with two attached hydrogens (primary N) is 1. The van der Waals surface area contributed by atoms with Crippen LogP contribution in [0.15, 0.2) is 18.2 Å². The third kappa shape index (κ3) is 4.04. The molecule has 3 N–H and O–H groups in total. The lowest BCUT2D eigenvalue weighted by Crippen LogP contribution is -2.18. The third-order valence-corrected chi connectivity index (χ3v) is 3.41. The van der Waals surface area contributed by atoms with Crippen molar-refractivity contribution in [2.45, 2.75) is 26.8 Å². The molecule has 2 nitrogen and oxygen atoms in total. The van der Waals surface area contributed by atoms with Crippen LogP contribution in [-0.4, -0.2) is 17.5 Å². The van der Waals surface area contributed by atoms with Crippen molar-refractivity contribution in [3.8, 4) is 0 Å². The second-order valence-electron chi connectivity index (χ2n) is 3.78. The van der Waals surface area contributed by atoms with E-state index >= 15 is 0 Å². The standard InChI is InChI=1S/C12H20N2S/c1-4-15-8-10(3)14-11-6-5-9(2)12(13)7-11/h5-7,10,14H,4,8,13H2,1-3H3.